The zero-order chi connectivity index (χ0) is 35.3. The Kier molecular flexibility index (Phi) is 35.5. The Hall–Kier alpha value is -1.59. The van der Waals surface area contributed by atoms with Crippen LogP contribution in [0.3, 0.4) is 0 Å². The van der Waals surface area contributed by atoms with Crippen molar-refractivity contribution in [2.45, 2.75) is 251 Å². The number of amides is 1. The van der Waals surface area contributed by atoms with Crippen LogP contribution >= 0.6 is 0 Å². The number of esters is 1. The summed E-state index contributed by atoms with van der Waals surface area (Å²) in [4.78, 5) is 37.3. The monoisotopic (exact) mass is 680 g/mol. The molecule has 6 heteroatoms. The molecule has 0 rings (SSSR count). The van der Waals surface area contributed by atoms with E-state index in [4.69, 9.17) is 4.74 Å². The van der Waals surface area contributed by atoms with Gasteiger partial charge in [-0.25, -0.2) is 4.79 Å². The quantitative estimate of drug-likeness (QED) is 0.0500. The molecule has 1 amide bonds. The minimum atomic E-state index is -1.23. The lowest BCUT2D eigenvalue weighted by atomic mass is 10.0. The highest BCUT2D eigenvalue weighted by Gasteiger charge is 2.25. The second kappa shape index (κ2) is 36.7. The molecule has 0 radical (unpaired) electrons. The van der Waals surface area contributed by atoms with Crippen molar-refractivity contribution in [2.24, 2.45) is 0 Å². The van der Waals surface area contributed by atoms with Crippen molar-refractivity contribution >= 4 is 17.8 Å². The number of ether oxygens (including phenoxy) is 1. The number of carbonyl (C=O) groups excluding carboxylic acids is 2. The molecule has 2 N–H and O–H groups in total. The largest absolute Gasteiger partial charge is 0.480 e. The first-order valence-corrected chi connectivity index (χ1v) is 21.2. The number of carbonyl (C=O) groups is 3. The molecule has 0 aromatic carbocycles. The van der Waals surface area contributed by atoms with Crippen LogP contribution in [-0.2, 0) is 19.1 Å². The zero-order valence-electron chi connectivity index (χ0n) is 32.3. The molecule has 0 fully saturated rings. The van der Waals surface area contributed by atoms with Crippen molar-refractivity contribution in [3.63, 3.8) is 0 Å². The van der Waals surface area contributed by atoms with Crippen molar-refractivity contribution < 1.29 is 24.2 Å². The molecule has 0 saturated heterocycles. The van der Waals surface area contributed by atoms with E-state index in [2.05, 4.69) is 26.1 Å². The predicted molar refractivity (Wildman–Crippen MR) is 203 cm³/mol. The minimum absolute atomic E-state index is 0.168. The molecule has 0 aromatic rings. The molecule has 0 aromatic heterocycles. The van der Waals surface area contributed by atoms with Crippen molar-refractivity contribution in [1.82, 2.24) is 5.32 Å². The lowest BCUT2D eigenvalue weighted by Gasteiger charge is -2.20. The van der Waals surface area contributed by atoms with E-state index < -0.39 is 18.0 Å². The van der Waals surface area contributed by atoms with Crippen LogP contribution in [-0.4, -0.2) is 35.1 Å². The third-order valence-corrected chi connectivity index (χ3v) is 9.82. The molecule has 0 bridgehead atoms. The standard InChI is InChI=1S/C42H81NO5/c1-4-7-10-13-16-18-19-20-21-22-23-25-27-30-33-36-40(44)43-39(42(46)47)37-41(45)48-38(34-31-28-15-12-9-6-3)35-32-29-26-24-17-14-11-8-5-2/h38-39H,4-37H2,1-3H3,(H,43,44)(H,46,47)/t38?,39-/m0/s1. The predicted octanol–water partition coefficient (Wildman–Crippen LogP) is 12.8. The molecule has 1 unspecified atom stereocenters. The van der Waals surface area contributed by atoms with Gasteiger partial charge in [-0.2, -0.15) is 0 Å². The van der Waals surface area contributed by atoms with Crippen LogP contribution in [0.25, 0.3) is 0 Å². The molecule has 2 atom stereocenters. The van der Waals surface area contributed by atoms with Gasteiger partial charge in [-0.05, 0) is 32.1 Å². The molecule has 0 saturated carbocycles. The topological polar surface area (TPSA) is 92.7 Å². The van der Waals surface area contributed by atoms with Crippen LogP contribution in [0.5, 0.6) is 0 Å². The van der Waals surface area contributed by atoms with E-state index in [0.29, 0.717) is 6.42 Å². The third kappa shape index (κ3) is 32.9. The van der Waals surface area contributed by atoms with E-state index in [1.54, 1.807) is 0 Å². The Labute approximate surface area is 298 Å². The second-order valence-corrected chi connectivity index (χ2v) is 14.6. The van der Waals surface area contributed by atoms with Crippen LogP contribution in [0.4, 0.5) is 0 Å². The van der Waals surface area contributed by atoms with Gasteiger partial charge in [0.05, 0.1) is 6.42 Å². The van der Waals surface area contributed by atoms with Crippen LogP contribution in [0.2, 0.25) is 0 Å². The number of nitrogens with one attached hydrogen (secondary N) is 1. The van der Waals surface area contributed by atoms with E-state index in [1.165, 1.54) is 148 Å². The van der Waals surface area contributed by atoms with E-state index in [1.807, 2.05) is 0 Å². The van der Waals surface area contributed by atoms with Gasteiger partial charge in [-0.3, -0.25) is 9.59 Å². The Bertz CT molecular complexity index is 727. The van der Waals surface area contributed by atoms with Crippen LogP contribution < -0.4 is 5.32 Å². The molecular weight excluding hydrogens is 598 g/mol. The van der Waals surface area contributed by atoms with Gasteiger partial charge in [0.15, 0.2) is 0 Å². The van der Waals surface area contributed by atoms with Gasteiger partial charge in [0.25, 0.3) is 0 Å². The summed E-state index contributed by atoms with van der Waals surface area (Å²) in [7, 11) is 0. The van der Waals surface area contributed by atoms with Crippen LogP contribution in [0.15, 0.2) is 0 Å². The summed E-state index contributed by atoms with van der Waals surface area (Å²) in [5, 5.41) is 12.3. The summed E-state index contributed by atoms with van der Waals surface area (Å²) in [6, 6.07) is -1.23. The summed E-state index contributed by atoms with van der Waals surface area (Å²) in [5.41, 5.74) is 0. The maximum absolute atomic E-state index is 12.9. The Morgan fingerprint density at radius 1 is 0.479 bits per heavy atom. The van der Waals surface area contributed by atoms with Gasteiger partial charge >= 0.3 is 11.9 Å². The fraction of sp³-hybridized carbons (Fsp3) is 0.929. The van der Waals surface area contributed by atoms with E-state index in [0.717, 1.165) is 57.8 Å². The Morgan fingerprint density at radius 3 is 1.12 bits per heavy atom. The van der Waals surface area contributed by atoms with Gasteiger partial charge in [0.1, 0.15) is 12.1 Å². The highest BCUT2D eigenvalue weighted by atomic mass is 16.5. The lowest BCUT2D eigenvalue weighted by Crippen LogP contribution is -2.42. The average Bonchev–Trinajstić information content (AvgIpc) is 3.06. The van der Waals surface area contributed by atoms with Gasteiger partial charge in [0, 0.05) is 6.42 Å². The highest BCUT2D eigenvalue weighted by molar-refractivity contribution is 5.87. The summed E-state index contributed by atoms with van der Waals surface area (Å²) in [6.45, 7) is 6.73. The number of carboxylic acid groups (broad SMARTS) is 1. The first-order valence-electron chi connectivity index (χ1n) is 21.2. The number of hydrogen-bond donors (Lipinski definition) is 2. The van der Waals surface area contributed by atoms with Gasteiger partial charge in [0.2, 0.25) is 5.91 Å². The lowest BCUT2D eigenvalue weighted by molar-refractivity contribution is -0.154. The van der Waals surface area contributed by atoms with Gasteiger partial charge in [-0.15, -0.1) is 0 Å². The third-order valence-electron chi connectivity index (χ3n) is 9.82. The SMILES string of the molecule is CCCCCCCCCCCCCCCCCC(=O)N[C@@H](CC(=O)OC(CCCCCCCC)CCCCCCCCCCC)C(=O)O. The molecule has 48 heavy (non-hydrogen) atoms. The molecule has 0 heterocycles. The molecule has 0 aliphatic rings. The first kappa shape index (κ1) is 46.4. The van der Waals surface area contributed by atoms with Crippen molar-refractivity contribution in [1.29, 1.82) is 0 Å². The van der Waals surface area contributed by atoms with Crippen molar-refractivity contribution in [2.75, 3.05) is 0 Å². The first-order chi connectivity index (χ1) is 23.4. The number of aliphatic carboxylic acids is 1. The Balaban J connectivity index is 4.28. The zero-order valence-corrected chi connectivity index (χ0v) is 32.3. The average molecular weight is 680 g/mol. The fourth-order valence-electron chi connectivity index (χ4n) is 6.62. The molecule has 0 aliphatic heterocycles. The smallest absolute Gasteiger partial charge is 0.326 e. The Morgan fingerprint density at radius 2 is 0.792 bits per heavy atom. The second-order valence-electron chi connectivity index (χ2n) is 14.6. The van der Waals surface area contributed by atoms with Crippen molar-refractivity contribution in [3.05, 3.63) is 0 Å². The van der Waals surface area contributed by atoms with Crippen LogP contribution in [0, 0.1) is 0 Å². The maximum Gasteiger partial charge on any atom is 0.326 e. The minimum Gasteiger partial charge on any atom is -0.480 e. The summed E-state index contributed by atoms with van der Waals surface area (Å²) in [6.07, 6.45) is 38.7. The van der Waals surface area contributed by atoms with Gasteiger partial charge < -0.3 is 15.2 Å². The summed E-state index contributed by atoms with van der Waals surface area (Å²) < 4.78 is 5.85. The van der Waals surface area contributed by atoms with E-state index in [9.17, 15) is 19.5 Å². The number of unbranched alkanes of at least 4 members (excludes halogenated alkanes) is 27. The molecule has 0 spiro atoms. The summed E-state index contributed by atoms with van der Waals surface area (Å²) >= 11 is 0. The van der Waals surface area contributed by atoms with E-state index >= 15 is 0 Å². The molecule has 284 valence electrons. The molecular formula is C42H81NO5. The highest BCUT2D eigenvalue weighted by Crippen LogP contribution is 2.19. The number of rotatable bonds is 38. The van der Waals surface area contributed by atoms with E-state index in [-0.39, 0.29) is 18.4 Å². The molecule has 6 nitrogen and oxygen atoms in total. The number of carboxylic acids is 1. The maximum atomic E-state index is 12.9. The molecule has 0 aliphatic carbocycles. The van der Waals surface area contributed by atoms with Crippen molar-refractivity contribution in [3.8, 4) is 0 Å². The summed E-state index contributed by atoms with van der Waals surface area (Å²) in [5.74, 6) is -1.98. The fourth-order valence-corrected chi connectivity index (χ4v) is 6.62. The van der Waals surface area contributed by atoms with Crippen LogP contribution in [0.1, 0.15) is 239 Å². The normalized spacial score (nSPS) is 12.6. The number of hydrogen-bond acceptors (Lipinski definition) is 4. The van der Waals surface area contributed by atoms with Gasteiger partial charge in [-0.1, -0.05) is 194 Å².